The molecule has 1 fully saturated rings. The maximum Gasteiger partial charge on any atom is 0.336 e. The fourth-order valence-electron chi connectivity index (χ4n) is 2.07. The van der Waals surface area contributed by atoms with Crippen molar-refractivity contribution >= 4 is 17.6 Å². The van der Waals surface area contributed by atoms with Crippen molar-refractivity contribution in [2.24, 2.45) is 0 Å². The summed E-state index contributed by atoms with van der Waals surface area (Å²) in [5, 5.41) is 0. The Labute approximate surface area is 121 Å². The Morgan fingerprint density at radius 3 is 2.95 bits per heavy atom. The second-order valence-corrected chi connectivity index (χ2v) is 4.65. The van der Waals surface area contributed by atoms with E-state index in [4.69, 9.17) is 10.5 Å². The normalized spacial score (nSPS) is 18.3. The second kappa shape index (κ2) is 6.40. The van der Waals surface area contributed by atoms with Gasteiger partial charge in [-0.1, -0.05) is 0 Å². The van der Waals surface area contributed by atoms with E-state index < -0.39 is 12.1 Å². The van der Waals surface area contributed by atoms with Gasteiger partial charge in [0.15, 0.2) is 6.10 Å². The van der Waals surface area contributed by atoms with E-state index in [9.17, 15) is 14.4 Å². The average Bonchev–Trinajstić information content (AvgIpc) is 2.50. The molecule has 0 aromatic carbocycles. The molecule has 0 spiro atoms. The predicted octanol–water partition coefficient (Wildman–Crippen LogP) is -1.17. The summed E-state index contributed by atoms with van der Waals surface area (Å²) in [6, 6.07) is 2.78. The van der Waals surface area contributed by atoms with Gasteiger partial charge in [-0.3, -0.25) is 9.59 Å². The zero-order valence-electron chi connectivity index (χ0n) is 11.7. The number of anilines is 1. The summed E-state index contributed by atoms with van der Waals surface area (Å²) in [5.41, 5.74) is 5.69. The number of amides is 1. The summed E-state index contributed by atoms with van der Waals surface area (Å²) in [5.74, 6) is -0.798. The first kappa shape index (κ1) is 15.0. The Morgan fingerprint density at radius 1 is 1.48 bits per heavy atom. The highest BCUT2D eigenvalue weighted by molar-refractivity contribution is 5.79. The highest BCUT2D eigenvalue weighted by Gasteiger charge is 2.29. The lowest BCUT2D eigenvalue weighted by atomic mass is 10.2. The quantitative estimate of drug-likeness (QED) is 0.705. The zero-order valence-corrected chi connectivity index (χ0v) is 11.7. The zero-order chi connectivity index (χ0) is 15.4. The summed E-state index contributed by atoms with van der Waals surface area (Å²) in [6.07, 6.45) is 0.628. The molecule has 114 valence electrons. The molecule has 8 nitrogen and oxygen atoms in total. The fourth-order valence-corrected chi connectivity index (χ4v) is 2.07. The SMILES string of the molecule is COC(=O)C1CN(C(=O)Cn2cc(N)ccc2=O)CCO1. The predicted molar refractivity (Wildman–Crippen MR) is 73.5 cm³/mol. The van der Waals surface area contributed by atoms with Crippen molar-refractivity contribution < 1.29 is 19.1 Å². The molecule has 1 aromatic heterocycles. The third-order valence-corrected chi connectivity index (χ3v) is 3.20. The number of methoxy groups -OCH3 is 1. The van der Waals surface area contributed by atoms with Gasteiger partial charge in [0.1, 0.15) is 6.54 Å². The number of hydrogen-bond donors (Lipinski definition) is 1. The van der Waals surface area contributed by atoms with E-state index in [2.05, 4.69) is 4.74 Å². The van der Waals surface area contributed by atoms with Crippen molar-refractivity contribution in [1.29, 1.82) is 0 Å². The van der Waals surface area contributed by atoms with Crippen molar-refractivity contribution in [2.75, 3.05) is 32.5 Å². The van der Waals surface area contributed by atoms with Crippen LogP contribution in [0, 0.1) is 0 Å². The number of esters is 1. The number of morpholine rings is 1. The van der Waals surface area contributed by atoms with Crippen LogP contribution in [0.5, 0.6) is 0 Å². The number of nitrogens with zero attached hydrogens (tertiary/aromatic N) is 2. The van der Waals surface area contributed by atoms with Crippen LogP contribution in [-0.4, -0.2) is 54.3 Å². The highest BCUT2D eigenvalue weighted by atomic mass is 16.6. The van der Waals surface area contributed by atoms with Gasteiger partial charge in [0, 0.05) is 24.5 Å². The fraction of sp³-hybridized carbons (Fsp3) is 0.462. The first-order valence-electron chi connectivity index (χ1n) is 6.44. The Kier molecular flexibility index (Phi) is 4.59. The van der Waals surface area contributed by atoms with Crippen LogP contribution in [0.1, 0.15) is 0 Å². The lowest BCUT2D eigenvalue weighted by Gasteiger charge is -2.31. The van der Waals surface area contributed by atoms with Crippen molar-refractivity contribution in [3.8, 4) is 0 Å². The molecule has 1 amide bonds. The van der Waals surface area contributed by atoms with Gasteiger partial charge in [0.25, 0.3) is 5.56 Å². The molecule has 1 atom stereocenters. The molecular weight excluding hydrogens is 278 g/mol. The molecule has 1 aromatic rings. The van der Waals surface area contributed by atoms with Gasteiger partial charge in [-0.05, 0) is 6.07 Å². The smallest absolute Gasteiger partial charge is 0.336 e. The first-order valence-corrected chi connectivity index (χ1v) is 6.44. The number of pyridine rings is 1. The van der Waals surface area contributed by atoms with E-state index in [0.717, 1.165) is 0 Å². The number of ether oxygens (including phenoxy) is 2. The maximum atomic E-state index is 12.2. The van der Waals surface area contributed by atoms with E-state index in [0.29, 0.717) is 12.2 Å². The Bertz CT molecular complexity index is 598. The number of nitrogens with two attached hydrogens (primary N) is 1. The summed E-state index contributed by atoms with van der Waals surface area (Å²) < 4.78 is 11.1. The molecule has 0 aliphatic carbocycles. The molecule has 2 N–H and O–H groups in total. The Morgan fingerprint density at radius 2 is 2.24 bits per heavy atom. The molecule has 21 heavy (non-hydrogen) atoms. The van der Waals surface area contributed by atoms with Crippen molar-refractivity contribution in [3.63, 3.8) is 0 Å². The molecule has 8 heteroatoms. The van der Waals surface area contributed by atoms with Gasteiger partial charge >= 0.3 is 5.97 Å². The van der Waals surface area contributed by atoms with Crippen LogP contribution in [0.3, 0.4) is 0 Å². The molecule has 2 rings (SSSR count). The van der Waals surface area contributed by atoms with Crippen LogP contribution in [-0.2, 0) is 25.6 Å². The largest absolute Gasteiger partial charge is 0.467 e. The van der Waals surface area contributed by atoms with Crippen LogP contribution in [0.4, 0.5) is 5.69 Å². The number of carbonyl (C=O) groups excluding carboxylic acids is 2. The van der Waals surface area contributed by atoms with Crippen LogP contribution in [0.2, 0.25) is 0 Å². The van der Waals surface area contributed by atoms with E-state index >= 15 is 0 Å². The van der Waals surface area contributed by atoms with E-state index in [1.807, 2.05) is 0 Å². The highest BCUT2D eigenvalue weighted by Crippen LogP contribution is 2.08. The number of carbonyl (C=O) groups is 2. The standard InChI is InChI=1S/C13H17N3O5/c1-20-13(19)10-7-15(4-5-21-10)12(18)8-16-6-9(14)2-3-11(16)17/h2-3,6,10H,4-5,7-8,14H2,1H3. The molecule has 2 heterocycles. The van der Waals surface area contributed by atoms with Crippen molar-refractivity contribution in [1.82, 2.24) is 9.47 Å². The van der Waals surface area contributed by atoms with Crippen LogP contribution >= 0.6 is 0 Å². The van der Waals surface area contributed by atoms with E-state index in [1.165, 1.54) is 34.9 Å². The summed E-state index contributed by atoms with van der Waals surface area (Å²) in [7, 11) is 1.26. The number of hydrogen-bond acceptors (Lipinski definition) is 6. The molecule has 1 aliphatic rings. The van der Waals surface area contributed by atoms with Gasteiger partial charge in [0.2, 0.25) is 5.91 Å². The third kappa shape index (κ3) is 3.60. The Balaban J connectivity index is 2.04. The summed E-state index contributed by atoms with van der Waals surface area (Å²) in [4.78, 5) is 36.8. The third-order valence-electron chi connectivity index (χ3n) is 3.20. The molecule has 1 aliphatic heterocycles. The molecule has 1 unspecified atom stereocenters. The molecule has 0 saturated carbocycles. The van der Waals surface area contributed by atoms with Crippen molar-refractivity contribution in [3.05, 3.63) is 28.7 Å². The van der Waals surface area contributed by atoms with Gasteiger partial charge in [-0.2, -0.15) is 0 Å². The number of nitrogen functional groups attached to an aromatic ring is 1. The number of aromatic nitrogens is 1. The molecule has 0 radical (unpaired) electrons. The summed E-state index contributed by atoms with van der Waals surface area (Å²) >= 11 is 0. The van der Waals surface area contributed by atoms with Crippen LogP contribution in [0.15, 0.2) is 23.1 Å². The number of rotatable bonds is 3. The molecule has 1 saturated heterocycles. The minimum Gasteiger partial charge on any atom is -0.467 e. The van der Waals surface area contributed by atoms with Gasteiger partial charge in [-0.25, -0.2) is 4.79 Å². The van der Waals surface area contributed by atoms with Gasteiger partial charge in [0.05, 0.1) is 20.3 Å². The monoisotopic (exact) mass is 295 g/mol. The lowest BCUT2D eigenvalue weighted by molar-refractivity contribution is -0.162. The summed E-state index contributed by atoms with van der Waals surface area (Å²) in [6.45, 7) is 0.598. The topological polar surface area (TPSA) is 104 Å². The maximum absolute atomic E-state index is 12.2. The lowest BCUT2D eigenvalue weighted by Crippen LogP contribution is -2.50. The molecular formula is C13H17N3O5. The van der Waals surface area contributed by atoms with E-state index in [1.54, 1.807) is 0 Å². The van der Waals surface area contributed by atoms with Gasteiger partial charge < -0.3 is 24.7 Å². The average molecular weight is 295 g/mol. The Hall–Kier alpha value is -2.35. The minimum atomic E-state index is -0.787. The van der Waals surface area contributed by atoms with E-state index in [-0.39, 0.29) is 31.2 Å². The van der Waals surface area contributed by atoms with Crippen LogP contribution < -0.4 is 11.3 Å². The second-order valence-electron chi connectivity index (χ2n) is 4.65. The first-order chi connectivity index (χ1) is 10.0. The van der Waals surface area contributed by atoms with Gasteiger partial charge in [-0.15, -0.1) is 0 Å². The van der Waals surface area contributed by atoms with Crippen molar-refractivity contribution in [2.45, 2.75) is 12.6 Å². The van der Waals surface area contributed by atoms with Crippen LogP contribution in [0.25, 0.3) is 0 Å². The molecule has 0 bridgehead atoms. The minimum absolute atomic E-state index is 0.114.